The van der Waals surface area contributed by atoms with Gasteiger partial charge in [-0.1, -0.05) is 6.08 Å². The van der Waals surface area contributed by atoms with Crippen molar-refractivity contribution in [3.8, 4) is 0 Å². The van der Waals surface area contributed by atoms with Gasteiger partial charge in [-0.25, -0.2) is 4.79 Å². The van der Waals surface area contributed by atoms with Crippen LogP contribution in [0.3, 0.4) is 0 Å². The number of allylic oxidation sites excluding steroid dienone is 1. The molecule has 0 unspecified atom stereocenters. The number of hydrogen-bond donors (Lipinski definition) is 0. The molecule has 0 aromatic heterocycles. The molecule has 0 amide bonds. The van der Waals surface area contributed by atoms with Gasteiger partial charge in [0, 0.05) is 27.4 Å². The van der Waals surface area contributed by atoms with Crippen LogP contribution in [0.25, 0.3) is 0 Å². The minimum Gasteiger partial charge on any atom is -0.458 e. The summed E-state index contributed by atoms with van der Waals surface area (Å²) in [5, 5.41) is 0. The molecule has 0 fully saturated rings. The van der Waals surface area contributed by atoms with Gasteiger partial charge in [-0.15, -0.1) is 0 Å². The van der Waals surface area contributed by atoms with Crippen LogP contribution in [-0.4, -0.2) is 42.3 Å². The fraction of sp³-hybridized carbons (Fsp3) is 0.625. The van der Waals surface area contributed by atoms with E-state index in [1.807, 2.05) is 0 Å². The summed E-state index contributed by atoms with van der Waals surface area (Å²) < 4.78 is 20.1. The molecule has 0 heterocycles. The molecule has 0 spiro atoms. The van der Waals surface area contributed by atoms with Crippen molar-refractivity contribution in [3.05, 3.63) is 12.2 Å². The number of hydrogen-bond acceptors (Lipinski definition) is 5. The molecule has 0 aliphatic heterocycles. The second-order valence-corrected chi connectivity index (χ2v) is 5.28. The van der Waals surface area contributed by atoms with Crippen molar-refractivity contribution in [1.29, 1.82) is 0 Å². The lowest BCUT2D eigenvalue weighted by Gasteiger charge is -2.23. The zero-order valence-corrected chi connectivity index (χ0v) is 9.90. The van der Waals surface area contributed by atoms with Crippen LogP contribution < -0.4 is 0 Å². The fourth-order valence-corrected chi connectivity index (χ4v) is 1.94. The number of carbonyl (C=O) groups excluding carboxylic acids is 1. The summed E-state index contributed by atoms with van der Waals surface area (Å²) in [5.74, 6) is -0.435. The van der Waals surface area contributed by atoms with Gasteiger partial charge in [0.1, 0.15) is 0 Å². The number of rotatable bonds is 6. The van der Waals surface area contributed by atoms with Crippen LogP contribution in [0.5, 0.6) is 0 Å². The molecule has 0 atom stereocenters. The predicted molar refractivity (Wildman–Crippen MR) is 52.6 cm³/mol. The van der Waals surface area contributed by atoms with Crippen molar-refractivity contribution in [2.24, 2.45) is 0 Å². The second-order valence-electron chi connectivity index (χ2n) is 2.40. The van der Waals surface area contributed by atoms with Crippen LogP contribution in [0, 0.1) is 0 Å². The molecule has 0 aliphatic rings. The molecule has 0 saturated carbocycles. The molecule has 14 heavy (non-hydrogen) atoms. The molecule has 0 saturated heterocycles. The second kappa shape index (κ2) is 6.72. The Morgan fingerprint density at radius 3 is 2.07 bits per heavy atom. The molecule has 5 nitrogen and oxygen atoms in total. The van der Waals surface area contributed by atoms with Gasteiger partial charge in [0.05, 0.1) is 0 Å². The summed E-state index contributed by atoms with van der Waals surface area (Å²) >= 11 is 0. The number of esters is 1. The van der Waals surface area contributed by atoms with E-state index in [2.05, 4.69) is 0 Å². The highest BCUT2D eigenvalue weighted by molar-refractivity contribution is 6.60. The van der Waals surface area contributed by atoms with Gasteiger partial charge in [-0.3, -0.25) is 0 Å². The highest BCUT2D eigenvalue weighted by Gasteiger charge is 2.39. The summed E-state index contributed by atoms with van der Waals surface area (Å²) in [6.07, 6.45) is 2.93. The van der Waals surface area contributed by atoms with Crippen molar-refractivity contribution in [2.75, 3.05) is 27.6 Å². The van der Waals surface area contributed by atoms with E-state index in [4.69, 9.17) is 18.0 Å². The van der Waals surface area contributed by atoms with E-state index in [1.54, 1.807) is 13.0 Å². The number of carbonyl (C=O) groups is 1. The van der Waals surface area contributed by atoms with Gasteiger partial charge in [0.15, 0.2) is 6.23 Å². The van der Waals surface area contributed by atoms with Crippen molar-refractivity contribution >= 4 is 14.8 Å². The van der Waals surface area contributed by atoms with Gasteiger partial charge >= 0.3 is 14.8 Å². The first-order valence-corrected chi connectivity index (χ1v) is 6.02. The first-order valence-electron chi connectivity index (χ1n) is 4.09. The Hall–Kier alpha value is -0.693. The maximum Gasteiger partial charge on any atom is 0.539 e. The Morgan fingerprint density at radius 1 is 1.21 bits per heavy atom. The van der Waals surface area contributed by atoms with Crippen LogP contribution in [-0.2, 0) is 22.8 Å². The summed E-state index contributed by atoms with van der Waals surface area (Å²) in [4.78, 5) is 11.0. The summed E-state index contributed by atoms with van der Waals surface area (Å²) in [6, 6.07) is 0. The maximum absolute atomic E-state index is 11.0. The monoisotopic (exact) mass is 220 g/mol. The van der Waals surface area contributed by atoms with Crippen molar-refractivity contribution in [1.82, 2.24) is 0 Å². The third kappa shape index (κ3) is 4.01. The molecular weight excluding hydrogens is 204 g/mol. The van der Waals surface area contributed by atoms with Crippen LogP contribution in [0.1, 0.15) is 6.92 Å². The van der Waals surface area contributed by atoms with E-state index < -0.39 is 14.8 Å². The van der Waals surface area contributed by atoms with Gasteiger partial charge in [0.25, 0.3) is 0 Å². The molecule has 82 valence electrons. The van der Waals surface area contributed by atoms with E-state index in [9.17, 15) is 4.79 Å². The average Bonchev–Trinajstić information content (AvgIpc) is 2.21. The lowest BCUT2D eigenvalue weighted by molar-refractivity contribution is -0.137. The van der Waals surface area contributed by atoms with Crippen LogP contribution in [0.15, 0.2) is 12.2 Å². The van der Waals surface area contributed by atoms with Crippen LogP contribution in [0.4, 0.5) is 0 Å². The Bertz CT molecular complexity index is 192. The topological polar surface area (TPSA) is 54.0 Å². The molecule has 0 rings (SSSR count). The SMILES string of the molecule is C/C=C/C(=O)OC[Si](OC)(OC)OC. The van der Waals surface area contributed by atoms with Crippen molar-refractivity contribution < 1.29 is 22.8 Å². The zero-order valence-electron chi connectivity index (χ0n) is 8.90. The Morgan fingerprint density at radius 2 is 1.71 bits per heavy atom. The minimum atomic E-state index is -2.79. The smallest absolute Gasteiger partial charge is 0.458 e. The normalized spacial score (nSPS) is 12.0. The Kier molecular flexibility index (Phi) is 6.38. The molecule has 0 N–H and O–H groups in total. The third-order valence-electron chi connectivity index (χ3n) is 1.63. The van der Waals surface area contributed by atoms with Gasteiger partial charge in [0.2, 0.25) is 0 Å². The number of ether oxygens (including phenoxy) is 1. The lowest BCUT2D eigenvalue weighted by Crippen LogP contribution is -2.48. The molecule has 0 aromatic carbocycles. The maximum atomic E-state index is 11.0. The van der Waals surface area contributed by atoms with E-state index >= 15 is 0 Å². The highest BCUT2D eigenvalue weighted by atomic mass is 28.4. The zero-order chi connectivity index (χ0) is 11.0. The fourth-order valence-electron chi connectivity index (χ4n) is 0.770. The largest absolute Gasteiger partial charge is 0.539 e. The standard InChI is InChI=1S/C8H16O5Si/c1-5-6-8(9)13-7-14(10-2,11-3)12-4/h5-6H,7H2,1-4H3/b6-5+. The van der Waals surface area contributed by atoms with Gasteiger partial charge in [-0.05, 0) is 6.92 Å². The first-order chi connectivity index (χ1) is 6.64. The molecular formula is C8H16O5Si. The summed E-state index contributed by atoms with van der Waals surface area (Å²) in [5.41, 5.74) is 0. The van der Waals surface area contributed by atoms with Gasteiger partial charge in [-0.2, -0.15) is 0 Å². The van der Waals surface area contributed by atoms with Crippen LogP contribution in [0.2, 0.25) is 0 Å². The molecule has 0 aliphatic carbocycles. The third-order valence-corrected chi connectivity index (χ3v) is 3.99. The van der Waals surface area contributed by atoms with Gasteiger partial charge < -0.3 is 18.0 Å². The van der Waals surface area contributed by atoms with E-state index in [0.29, 0.717) is 0 Å². The Labute approximate surface area is 85.0 Å². The van der Waals surface area contributed by atoms with E-state index in [1.165, 1.54) is 27.4 Å². The molecule has 0 aromatic rings. The van der Waals surface area contributed by atoms with E-state index in [-0.39, 0.29) is 6.23 Å². The molecule has 0 bridgehead atoms. The van der Waals surface area contributed by atoms with Crippen LogP contribution >= 0.6 is 0 Å². The predicted octanol–water partition coefficient (Wildman–Crippen LogP) is 0.523. The van der Waals surface area contributed by atoms with E-state index in [0.717, 1.165) is 0 Å². The Balaban J connectivity index is 4.12. The average molecular weight is 220 g/mol. The molecule has 6 heteroatoms. The first kappa shape index (κ1) is 13.3. The minimum absolute atomic E-state index is 0.0136. The lowest BCUT2D eigenvalue weighted by atomic mass is 10.5. The van der Waals surface area contributed by atoms with Crippen molar-refractivity contribution in [2.45, 2.75) is 6.92 Å². The summed E-state index contributed by atoms with van der Waals surface area (Å²) in [6.45, 7) is 1.73. The molecule has 0 radical (unpaired) electrons. The quantitative estimate of drug-likeness (QED) is 0.371. The van der Waals surface area contributed by atoms with Crippen molar-refractivity contribution in [3.63, 3.8) is 0 Å². The summed E-state index contributed by atoms with van der Waals surface area (Å²) in [7, 11) is 1.60. The highest BCUT2D eigenvalue weighted by Crippen LogP contribution is 2.06.